The molecule has 0 spiro atoms. The zero-order valence-corrected chi connectivity index (χ0v) is 13.2. The molecule has 0 aromatic heterocycles. The third-order valence-corrected chi connectivity index (χ3v) is 4.74. The van der Waals surface area contributed by atoms with Crippen LogP contribution in [0, 0.1) is 5.41 Å². The molecule has 0 fully saturated rings. The van der Waals surface area contributed by atoms with Crippen LogP contribution in [0.2, 0.25) is 0 Å². The molecule has 0 saturated carbocycles. The molecule has 3 nitrogen and oxygen atoms in total. The molecule has 0 aromatic carbocycles. The Morgan fingerprint density at radius 2 is 1.21 bits per heavy atom. The van der Waals surface area contributed by atoms with Gasteiger partial charge in [0.15, 0.2) is 0 Å². The van der Waals surface area contributed by atoms with E-state index in [2.05, 4.69) is 30.7 Å². The molecule has 116 valence electrons. The van der Waals surface area contributed by atoms with E-state index in [1.165, 1.54) is 57.8 Å². The van der Waals surface area contributed by atoms with Crippen molar-refractivity contribution in [2.24, 2.45) is 5.41 Å². The van der Waals surface area contributed by atoms with Crippen molar-refractivity contribution in [3.63, 3.8) is 0 Å². The van der Waals surface area contributed by atoms with E-state index in [0.717, 1.165) is 12.8 Å². The van der Waals surface area contributed by atoms with Gasteiger partial charge in [-0.05, 0) is 18.3 Å². The molecule has 19 heavy (non-hydrogen) atoms. The maximum atomic E-state index is 7.97. The normalized spacial score (nSPS) is 12.0. The fourth-order valence-corrected chi connectivity index (χ4v) is 2.86. The molecule has 0 saturated heterocycles. The second-order valence-electron chi connectivity index (χ2n) is 5.68. The Hall–Kier alpha value is -0.120. The van der Waals surface area contributed by atoms with Crippen LogP contribution in [0.15, 0.2) is 0 Å². The molecule has 0 aliphatic heterocycles. The zero-order chi connectivity index (χ0) is 14.4. The first-order chi connectivity index (χ1) is 9.24. The summed E-state index contributed by atoms with van der Waals surface area (Å²) in [6.07, 6.45) is 14.2. The maximum Gasteiger partial charge on any atom is 0.0853 e. The van der Waals surface area contributed by atoms with Crippen LogP contribution in [0.5, 0.6) is 0 Å². The first-order valence-electron chi connectivity index (χ1n) is 8.17. The minimum absolute atomic E-state index is 0.489. The summed E-state index contributed by atoms with van der Waals surface area (Å²) in [5, 5.41) is 11.5. The van der Waals surface area contributed by atoms with E-state index in [0.29, 0.717) is 12.0 Å². The second-order valence-corrected chi connectivity index (χ2v) is 5.68. The van der Waals surface area contributed by atoms with Crippen LogP contribution < -0.4 is 0 Å². The molecular weight excluding hydrogens is 240 g/mol. The lowest BCUT2D eigenvalue weighted by Crippen LogP contribution is -2.17. The quantitative estimate of drug-likeness (QED) is 0.249. The Balaban J connectivity index is 3.35. The Kier molecular flexibility index (Phi) is 12.8. The molecule has 0 amide bonds. The summed E-state index contributed by atoms with van der Waals surface area (Å²) in [7, 11) is 0. The third-order valence-electron chi connectivity index (χ3n) is 4.74. The van der Waals surface area contributed by atoms with Crippen molar-refractivity contribution in [1.82, 2.24) is 0 Å². The van der Waals surface area contributed by atoms with Crippen LogP contribution in [0.1, 0.15) is 91.4 Å². The Bertz CT molecular complexity index is 171. The second kappa shape index (κ2) is 12.9. The van der Waals surface area contributed by atoms with Gasteiger partial charge in [0.1, 0.15) is 0 Å². The van der Waals surface area contributed by atoms with Gasteiger partial charge in [-0.15, -0.1) is 0 Å². The number of hydrogen-bond acceptors (Lipinski definition) is 3. The van der Waals surface area contributed by atoms with Gasteiger partial charge in [-0.1, -0.05) is 83.6 Å². The molecule has 0 radical (unpaired) electrons. The fourth-order valence-electron chi connectivity index (χ4n) is 2.86. The summed E-state index contributed by atoms with van der Waals surface area (Å²) < 4.78 is 0. The van der Waals surface area contributed by atoms with E-state index in [-0.39, 0.29) is 0 Å². The summed E-state index contributed by atoms with van der Waals surface area (Å²) in [4.78, 5) is 4.41. The minimum atomic E-state index is 0.489. The minimum Gasteiger partial charge on any atom is -0.221 e. The Morgan fingerprint density at radius 3 is 1.68 bits per heavy atom. The van der Waals surface area contributed by atoms with Crippen LogP contribution in [0.4, 0.5) is 0 Å². The van der Waals surface area contributed by atoms with E-state index < -0.39 is 0 Å². The highest BCUT2D eigenvalue weighted by Gasteiger charge is 2.22. The first-order valence-corrected chi connectivity index (χ1v) is 8.17. The number of rotatable bonds is 14. The molecule has 0 rings (SSSR count). The van der Waals surface area contributed by atoms with Gasteiger partial charge in [0.25, 0.3) is 0 Å². The topological polar surface area (TPSA) is 38.7 Å². The van der Waals surface area contributed by atoms with Gasteiger partial charge >= 0.3 is 0 Å². The van der Waals surface area contributed by atoms with E-state index in [4.69, 9.17) is 5.26 Å². The van der Waals surface area contributed by atoms with Crippen molar-refractivity contribution in [1.29, 1.82) is 0 Å². The van der Waals surface area contributed by atoms with Gasteiger partial charge < -0.3 is 0 Å². The summed E-state index contributed by atoms with van der Waals surface area (Å²) in [6.45, 7) is 7.50. The average molecular weight is 274 g/mol. The molecular formula is C16H34O3. The number of hydrogen-bond donors (Lipinski definition) is 1. The predicted molar refractivity (Wildman–Crippen MR) is 79.9 cm³/mol. The molecule has 0 atom stereocenters. The van der Waals surface area contributed by atoms with Crippen LogP contribution in [-0.2, 0) is 9.93 Å². The van der Waals surface area contributed by atoms with Crippen LogP contribution >= 0.6 is 0 Å². The highest BCUT2D eigenvalue weighted by atomic mass is 17.5. The lowest BCUT2D eigenvalue weighted by atomic mass is 9.75. The van der Waals surface area contributed by atoms with Crippen molar-refractivity contribution < 1.29 is 15.2 Å². The summed E-state index contributed by atoms with van der Waals surface area (Å²) >= 11 is 0. The van der Waals surface area contributed by atoms with E-state index >= 15 is 0 Å². The highest BCUT2D eigenvalue weighted by Crippen LogP contribution is 2.36. The Labute approximate surface area is 119 Å². The van der Waals surface area contributed by atoms with Crippen molar-refractivity contribution >= 4 is 0 Å². The van der Waals surface area contributed by atoms with Crippen molar-refractivity contribution in [2.45, 2.75) is 91.4 Å². The Morgan fingerprint density at radius 1 is 0.737 bits per heavy atom. The van der Waals surface area contributed by atoms with E-state index in [1.807, 2.05) is 0 Å². The molecule has 0 aliphatic carbocycles. The smallest absolute Gasteiger partial charge is 0.0853 e. The summed E-state index contributed by atoms with van der Waals surface area (Å²) in [6, 6.07) is 0. The monoisotopic (exact) mass is 274 g/mol. The number of unbranched alkanes of at least 4 members (excludes halogenated alkanes) is 6. The summed E-state index contributed by atoms with van der Waals surface area (Å²) in [5.41, 5.74) is 0.613. The van der Waals surface area contributed by atoms with Gasteiger partial charge in [-0.25, -0.2) is 10.1 Å². The van der Waals surface area contributed by atoms with Crippen LogP contribution in [0.25, 0.3) is 0 Å². The molecule has 3 heteroatoms. The van der Waals surface area contributed by atoms with Gasteiger partial charge in [0.05, 0.1) is 6.61 Å². The SMILES string of the molecule is CCC(CC)(CC)CCCCCCCCCOOO. The zero-order valence-electron chi connectivity index (χ0n) is 13.2. The lowest BCUT2D eigenvalue weighted by molar-refractivity contribution is -0.490. The van der Waals surface area contributed by atoms with Gasteiger partial charge in [-0.3, -0.25) is 0 Å². The lowest BCUT2D eigenvalue weighted by Gasteiger charge is -2.30. The van der Waals surface area contributed by atoms with Gasteiger partial charge in [0, 0.05) is 0 Å². The van der Waals surface area contributed by atoms with Crippen molar-refractivity contribution in [3.8, 4) is 0 Å². The molecule has 0 aromatic rings. The van der Waals surface area contributed by atoms with Crippen molar-refractivity contribution in [2.75, 3.05) is 6.61 Å². The molecule has 0 heterocycles. The average Bonchev–Trinajstić information content (AvgIpc) is 2.46. The maximum absolute atomic E-state index is 7.97. The van der Waals surface area contributed by atoms with E-state index in [9.17, 15) is 0 Å². The van der Waals surface area contributed by atoms with Crippen molar-refractivity contribution in [3.05, 3.63) is 0 Å². The predicted octanol–water partition coefficient (Wildman–Crippen LogP) is 5.74. The largest absolute Gasteiger partial charge is 0.221 e. The molecule has 0 bridgehead atoms. The highest BCUT2D eigenvalue weighted by molar-refractivity contribution is 4.74. The van der Waals surface area contributed by atoms with E-state index in [1.54, 1.807) is 0 Å². The standard InChI is InChI=1S/C16H34O3/c1-4-16(5-2,6-3)14-12-10-8-7-9-11-13-15-18-19-17/h17H,4-15H2,1-3H3. The summed E-state index contributed by atoms with van der Waals surface area (Å²) in [5.74, 6) is 0. The van der Waals surface area contributed by atoms with Crippen LogP contribution in [-0.4, -0.2) is 11.9 Å². The third kappa shape index (κ3) is 9.42. The molecule has 0 unspecified atom stereocenters. The van der Waals surface area contributed by atoms with Gasteiger partial charge in [0.2, 0.25) is 0 Å². The first kappa shape index (κ1) is 18.9. The van der Waals surface area contributed by atoms with Crippen LogP contribution in [0.3, 0.4) is 0 Å². The molecule has 0 aliphatic rings. The molecule has 1 N–H and O–H groups in total. The van der Waals surface area contributed by atoms with Gasteiger partial charge in [-0.2, -0.15) is 0 Å². The fraction of sp³-hybridized carbons (Fsp3) is 1.00.